The highest BCUT2D eigenvalue weighted by Gasteiger charge is 2.24. The largest absolute Gasteiger partial charge is 0.383 e. The Labute approximate surface area is 163 Å². The molecular formula is C19H24ClN7. The Balaban J connectivity index is 1.78. The molecule has 0 unspecified atom stereocenters. The molecule has 8 heteroatoms. The zero-order valence-corrected chi connectivity index (χ0v) is 16.6. The quantitative estimate of drug-likeness (QED) is 0.747. The third-order valence-corrected chi connectivity index (χ3v) is 5.42. The number of anilines is 2. The summed E-state index contributed by atoms with van der Waals surface area (Å²) < 4.78 is 1.65. The van der Waals surface area contributed by atoms with E-state index in [1.807, 2.05) is 31.3 Å². The van der Waals surface area contributed by atoms with E-state index in [-0.39, 0.29) is 0 Å². The van der Waals surface area contributed by atoms with E-state index in [1.165, 1.54) is 0 Å². The Bertz CT molecular complexity index is 956. The Hall–Kier alpha value is -2.38. The molecule has 27 heavy (non-hydrogen) atoms. The van der Waals surface area contributed by atoms with Crippen LogP contribution in [-0.4, -0.2) is 56.9 Å². The van der Waals surface area contributed by atoms with Crippen molar-refractivity contribution < 1.29 is 0 Å². The second kappa shape index (κ2) is 6.98. The summed E-state index contributed by atoms with van der Waals surface area (Å²) in [5, 5.41) is 5.96. The fourth-order valence-electron chi connectivity index (χ4n) is 3.50. The van der Waals surface area contributed by atoms with Gasteiger partial charge in [0.25, 0.3) is 0 Å². The summed E-state index contributed by atoms with van der Waals surface area (Å²) in [5.74, 6) is 1.26. The molecule has 0 spiro atoms. The molecule has 142 valence electrons. The van der Waals surface area contributed by atoms with Gasteiger partial charge in [0.2, 0.25) is 5.95 Å². The highest BCUT2D eigenvalue weighted by atomic mass is 35.5. The molecule has 3 heterocycles. The molecule has 2 N–H and O–H groups in total. The molecule has 3 aromatic rings. The number of rotatable bonds is 3. The Kier molecular flexibility index (Phi) is 4.65. The number of nitrogens with two attached hydrogens (primary N) is 1. The minimum atomic E-state index is 0.552. The van der Waals surface area contributed by atoms with Gasteiger partial charge in [0.1, 0.15) is 5.82 Å². The van der Waals surface area contributed by atoms with E-state index in [0.717, 1.165) is 42.8 Å². The zero-order valence-electron chi connectivity index (χ0n) is 15.9. The van der Waals surface area contributed by atoms with Crippen molar-refractivity contribution >= 4 is 34.4 Å². The number of fused-ring (bicyclic) bond motifs is 1. The van der Waals surface area contributed by atoms with Crippen LogP contribution in [0, 0.1) is 0 Å². The Morgan fingerprint density at radius 3 is 2.33 bits per heavy atom. The van der Waals surface area contributed by atoms with Crippen LogP contribution in [0.1, 0.15) is 13.8 Å². The number of benzene rings is 1. The minimum absolute atomic E-state index is 0.552. The van der Waals surface area contributed by atoms with Crippen LogP contribution in [-0.2, 0) is 7.05 Å². The van der Waals surface area contributed by atoms with Crippen molar-refractivity contribution in [2.45, 2.75) is 19.9 Å². The molecule has 0 aliphatic carbocycles. The number of nitrogen functional groups attached to an aromatic ring is 1. The van der Waals surface area contributed by atoms with Gasteiger partial charge in [-0.05, 0) is 26.0 Å². The van der Waals surface area contributed by atoms with Crippen LogP contribution in [0.2, 0.25) is 5.02 Å². The number of aryl methyl sites for hydroxylation is 1. The van der Waals surface area contributed by atoms with Crippen LogP contribution in [0.25, 0.3) is 22.3 Å². The topological polar surface area (TPSA) is 76.1 Å². The van der Waals surface area contributed by atoms with E-state index in [1.54, 1.807) is 4.68 Å². The van der Waals surface area contributed by atoms with Gasteiger partial charge in [-0.25, -0.2) is 4.98 Å². The lowest BCUT2D eigenvalue weighted by Gasteiger charge is -2.36. The highest BCUT2D eigenvalue weighted by molar-refractivity contribution is 6.30. The summed E-state index contributed by atoms with van der Waals surface area (Å²) in [5.41, 5.74) is 8.63. The highest BCUT2D eigenvalue weighted by Crippen LogP contribution is 2.32. The molecule has 1 fully saturated rings. The molecule has 2 aromatic heterocycles. The maximum atomic E-state index is 6.26. The van der Waals surface area contributed by atoms with Gasteiger partial charge >= 0.3 is 0 Å². The second-order valence-corrected chi connectivity index (χ2v) is 7.64. The van der Waals surface area contributed by atoms with E-state index < -0.39 is 0 Å². The first-order chi connectivity index (χ1) is 12.9. The van der Waals surface area contributed by atoms with Crippen LogP contribution in [0.15, 0.2) is 24.3 Å². The Morgan fingerprint density at radius 1 is 1.04 bits per heavy atom. The van der Waals surface area contributed by atoms with Crippen molar-refractivity contribution in [3.05, 3.63) is 29.3 Å². The normalized spacial score (nSPS) is 15.8. The average Bonchev–Trinajstić information content (AvgIpc) is 2.96. The summed E-state index contributed by atoms with van der Waals surface area (Å²) in [6.07, 6.45) is 0. The van der Waals surface area contributed by atoms with Crippen LogP contribution in [0.3, 0.4) is 0 Å². The first-order valence-electron chi connectivity index (χ1n) is 9.19. The lowest BCUT2D eigenvalue weighted by Crippen LogP contribution is -2.49. The maximum Gasteiger partial charge on any atom is 0.228 e. The van der Waals surface area contributed by atoms with Crippen LogP contribution in [0.5, 0.6) is 0 Å². The van der Waals surface area contributed by atoms with E-state index in [2.05, 4.69) is 28.7 Å². The SMILES string of the molecule is CC(C)N1CCN(c2nc(-c3ccc(Cl)cc3)c3c(N)n(C)nc3n2)CC1. The molecule has 1 aromatic carbocycles. The zero-order chi connectivity index (χ0) is 19.1. The van der Waals surface area contributed by atoms with Gasteiger partial charge in [0.05, 0.1) is 11.1 Å². The van der Waals surface area contributed by atoms with Gasteiger partial charge in [-0.1, -0.05) is 23.7 Å². The van der Waals surface area contributed by atoms with E-state index in [9.17, 15) is 0 Å². The van der Waals surface area contributed by atoms with Gasteiger partial charge in [-0.3, -0.25) is 9.58 Å². The molecule has 0 radical (unpaired) electrons. The van der Waals surface area contributed by atoms with Crippen LogP contribution in [0.4, 0.5) is 11.8 Å². The van der Waals surface area contributed by atoms with Crippen LogP contribution >= 0.6 is 11.6 Å². The van der Waals surface area contributed by atoms with Crippen molar-refractivity contribution in [2.75, 3.05) is 36.8 Å². The fraction of sp³-hybridized carbons (Fsp3) is 0.421. The minimum Gasteiger partial charge on any atom is -0.383 e. The molecule has 0 bridgehead atoms. The summed E-state index contributed by atoms with van der Waals surface area (Å²) >= 11 is 6.06. The predicted octanol–water partition coefficient (Wildman–Crippen LogP) is 2.80. The summed E-state index contributed by atoms with van der Waals surface area (Å²) in [7, 11) is 1.82. The van der Waals surface area contributed by atoms with Crippen molar-refractivity contribution in [2.24, 2.45) is 7.05 Å². The van der Waals surface area contributed by atoms with E-state index >= 15 is 0 Å². The Morgan fingerprint density at radius 2 is 1.70 bits per heavy atom. The summed E-state index contributed by atoms with van der Waals surface area (Å²) in [6.45, 7) is 8.25. The molecule has 0 amide bonds. The number of halogens is 1. The van der Waals surface area contributed by atoms with Gasteiger partial charge in [0.15, 0.2) is 5.65 Å². The molecule has 7 nitrogen and oxygen atoms in total. The summed E-state index contributed by atoms with van der Waals surface area (Å²) in [6, 6.07) is 8.18. The van der Waals surface area contributed by atoms with Gasteiger partial charge in [-0.2, -0.15) is 10.1 Å². The molecule has 1 aliphatic heterocycles. The fourth-order valence-corrected chi connectivity index (χ4v) is 3.63. The van der Waals surface area contributed by atoms with Crippen molar-refractivity contribution in [1.82, 2.24) is 24.6 Å². The lowest BCUT2D eigenvalue weighted by atomic mass is 10.1. The maximum absolute atomic E-state index is 6.26. The van der Waals surface area contributed by atoms with Crippen LogP contribution < -0.4 is 10.6 Å². The third kappa shape index (κ3) is 3.33. The monoisotopic (exact) mass is 385 g/mol. The molecule has 1 saturated heterocycles. The number of nitrogens with zero attached hydrogens (tertiary/aromatic N) is 6. The molecule has 0 saturated carbocycles. The molecular weight excluding hydrogens is 362 g/mol. The first-order valence-corrected chi connectivity index (χ1v) is 9.57. The standard InChI is InChI=1S/C19H24ClN7/c1-12(2)26-8-10-27(11-9-26)19-22-16(13-4-6-14(20)7-5-13)15-17(21)25(3)24-18(15)23-19/h4-7,12H,8-11,21H2,1-3H3. The van der Waals surface area contributed by atoms with E-state index in [4.69, 9.17) is 27.3 Å². The smallest absolute Gasteiger partial charge is 0.228 e. The number of hydrogen-bond donors (Lipinski definition) is 1. The molecule has 1 aliphatic rings. The molecule has 0 atom stereocenters. The van der Waals surface area contributed by atoms with Gasteiger partial charge in [-0.15, -0.1) is 0 Å². The van der Waals surface area contributed by atoms with Gasteiger partial charge in [0, 0.05) is 49.9 Å². The first kappa shape index (κ1) is 18.0. The van der Waals surface area contributed by atoms with Crippen molar-refractivity contribution in [3.63, 3.8) is 0 Å². The number of piperazine rings is 1. The van der Waals surface area contributed by atoms with Crippen molar-refractivity contribution in [1.29, 1.82) is 0 Å². The third-order valence-electron chi connectivity index (χ3n) is 5.17. The predicted molar refractivity (Wildman–Crippen MR) is 110 cm³/mol. The lowest BCUT2D eigenvalue weighted by molar-refractivity contribution is 0.208. The van der Waals surface area contributed by atoms with E-state index in [0.29, 0.717) is 28.5 Å². The van der Waals surface area contributed by atoms with Gasteiger partial charge < -0.3 is 10.6 Å². The second-order valence-electron chi connectivity index (χ2n) is 7.20. The molecule has 4 rings (SSSR count). The summed E-state index contributed by atoms with van der Waals surface area (Å²) in [4.78, 5) is 14.3. The van der Waals surface area contributed by atoms with Crippen molar-refractivity contribution in [3.8, 4) is 11.3 Å². The number of aromatic nitrogens is 4. The number of hydrogen-bond acceptors (Lipinski definition) is 6. The average molecular weight is 386 g/mol.